The second kappa shape index (κ2) is 7.21. The third-order valence-electron chi connectivity index (χ3n) is 3.33. The van der Waals surface area contributed by atoms with Gasteiger partial charge in [-0.25, -0.2) is 13.1 Å². The van der Waals surface area contributed by atoms with Gasteiger partial charge in [0.1, 0.15) is 0 Å². The van der Waals surface area contributed by atoms with E-state index in [9.17, 15) is 13.2 Å². The van der Waals surface area contributed by atoms with Crippen LogP contribution < -0.4 is 10.0 Å². The molecule has 1 aromatic carbocycles. The zero-order valence-corrected chi connectivity index (χ0v) is 13.7. The number of carbonyl (C=O) groups is 1. The lowest BCUT2D eigenvalue weighted by Crippen LogP contribution is -2.32. The van der Waals surface area contributed by atoms with Crippen molar-refractivity contribution in [3.8, 4) is 0 Å². The molecule has 1 aromatic rings. The molecule has 0 bridgehead atoms. The molecule has 1 aliphatic heterocycles. The lowest BCUT2D eigenvalue weighted by atomic mass is 10.2. The molecule has 2 rings (SSSR count). The number of hydrogen-bond donors (Lipinski definition) is 2. The number of amides is 1. The molecule has 1 saturated heterocycles. The van der Waals surface area contributed by atoms with Crippen LogP contribution in [-0.4, -0.2) is 39.6 Å². The van der Waals surface area contributed by atoms with Crippen molar-refractivity contribution < 1.29 is 17.9 Å². The van der Waals surface area contributed by atoms with Crippen LogP contribution in [0.25, 0.3) is 0 Å². The van der Waals surface area contributed by atoms with Gasteiger partial charge in [0.05, 0.1) is 11.0 Å². The molecular weight excluding hydrogens is 304 g/mol. The van der Waals surface area contributed by atoms with E-state index in [1.807, 2.05) is 0 Å². The first-order valence-electron chi connectivity index (χ1n) is 7.40. The van der Waals surface area contributed by atoms with Crippen molar-refractivity contribution in [2.45, 2.75) is 43.7 Å². The van der Waals surface area contributed by atoms with E-state index in [1.54, 1.807) is 13.8 Å². The van der Waals surface area contributed by atoms with Gasteiger partial charge in [0.25, 0.3) is 5.91 Å². The van der Waals surface area contributed by atoms with Gasteiger partial charge in [-0.15, -0.1) is 0 Å². The monoisotopic (exact) mass is 326 g/mol. The van der Waals surface area contributed by atoms with Crippen molar-refractivity contribution in [1.29, 1.82) is 0 Å². The SMILES string of the molecule is CC(C)NS(=O)(=O)c1ccc(C(=O)NC[C@H]2CCCO2)cc1. The summed E-state index contributed by atoms with van der Waals surface area (Å²) in [7, 11) is -3.53. The highest BCUT2D eigenvalue weighted by Gasteiger charge is 2.18. The maximum Gasteiger partial charge on any atom is 0.251 e. The first kappa shape index (κ1) is 16.9. The topological polar surface area (TPSA) is 84.5 Å². The lowest BCUT2D eigenvalue weighted by Gasteiger charge is -2.12. The van der Waals surface area contributed by atoms with E-state index >= 15 is 0 Å². The van der Waals surface area contributed by atoms with Crippen LogP contribution in [-0.2, 0) is 14.8 Å². The van der Waals surface area contributed by atoms with Gasteiger partial charge >= 0.3 is 0 Å². The average molecular weight is 326 g/mol. The van der Waals surface area contributed by atoms with Crippen molar-refractivity contribution in [1.82, 2.24) is 10.0 Å². The predicted octanol–water partition coefficient (Wildman–Crippen LogP) is 1.28. The molecule has 0 spiro atoms. The summed E-state index contributed by atoms with van der Waals surface area (Å²) in [6.45, 7) is 4.73. The Morgan fingerprint density at radius 2 is 2.00 bits per heavy atom. The van der Waals surface area contributed by atoms with Crippen LogP contribution in [0.1, 0.15) is 37.0 Å². The van der Waals surface area contributed by atoms with E-state index in [2.05, 4.69) is 10.0 Å². The Labute approximate surface area is 131 Å². The third kappa shape index (κ3) is 4.53. The normalized spacial score (nSPS) is 18.6. The number of benzene rings is 1. The van der Waals surface area contributed by atoms with E-state index in [-0.39, 0.29) is 22.9 Å². The Hall–Kier alpha value is -1.44. The Morgan fingerprint density at radius 3 is 2.55 bits per heavy atom. The first-order chi connectivity index (χ1) is 10.4. The molecule has 0 radical (unpaired) electrons. The summed E-state index contributed by atoms with van der Waals surface area (Å²) < 4.78 is 31.9. The molecule has 0 saturated carbocycles. The minimum Gasteiger partial charge on any atom is -0.376 e. The van der Waals surface area contributed by atoms with Gasteiger partial charge in [-0.2, -0.15) is 0 Å². The van der Waals surface area contributed by atoms with Gasteiger partial charge in [-0.05, 0) is 51.0 Å². The first-order valence-corrected chi connectivity index (χ1v) is 8.89. The van der Waals surface area contributed by atoms with Crippen LogP contribution in [0, 0.1) is 0 Å². The fourth-order valence-electron chi connectivity index (χ4n) is 2.28. The quantitative estimate of drug-likeness (QED) is 0.825. The summed E-state index contributed by atoms with van der Waals surface area (Å²) in [4.78, 5) is 12.2. The zero-order valence-electron chi connectivity index (χ0n) is 12.8. The smallest absolute Gasteiger partial charge is 0.251 e. The number of sulfonamides is 1. The standard InChI is InChI=1S/C15H22N2O4S/c1-11(2)17-22(19,20)14-7-5-12(6-8-14)15(18)16-10-13-4-3-9-21-13/h5-8,11,13,17H,3-4,9-10H2,1-2H3,(H,16,18)/t13-/m1/s1. The second-order valence-electron chi connectivity index (χ2n) is 5.65. The van der Waals surface area contributed by atoms with Crippen LogP contribution in [0.2, 0.25) is 0 Å². The Balaban J connectivity index is 1.97. The minimum atomic E-state index is -3.53. The molecule has 122 valence electrons. The summed E-state index contributed by atoms with van der Waals surface area (Å²) in [5.74, 6) is -0.226. The van der Waals surface area contributed by atoms with Crippen molar-refractivity contribution in [2.24, 2.45) is 0 Å². The molecule has 1 heterocycles. The fourth-order valence-corrected chi connectivity index (χ4v) is 3.53. The van der Waals surface area contributed by atoms with Crippen molar-refractivity contribution >= 4 is 15.9 Å². The lowest BCUT2D eigenvalue weighted by molar-refractivity contribution is 0.0857. The molecule has 1 fully saturated rings. The van der Waals surface area contributed by atoms with Gasteiger partial charge in [0.15, 0.2) is 0 Å². The third-order valence-corrected chi connectivity index (χ3v) is 5.01. The molecule has 2 N–H and O–H groups in total. The van der Waals surface area contributed by atoms with E-state index in [1.165, 1.54) is 24.3 Å². The van der Waals surface area contributed by atoms with Crippen molar-refractivity contribution in [3.05, 3.63) is 29.8 Å². The van der Waals surface area contributed by atoms with Crippen molar-refractivity contribution in [2.75, 3.05) is 13.2 Å². The zero-order chi connectivity index (χ0) is 16.2. The average Bonchev–Trinajstić information content (AvgIpc) is 2.97. The van der Waals surface area contributed by atoms with Gasteiger partial charge in [0.2, 0.25) is 10.0 Å². The molecule has 1 amide bonds. The summed E-state index contributed by atoms with van der Waals surface area (Å²) in [5, 5.41) is 2.80. The van der Waals surface area contributed by atoms with Crippen LogP contribution >= 0.6 is 0 Å². The molecule has 6 nitrogen and oxygen atoms in total. The van der Waals surface area contributed by atoms with E-state index < -0.39 is 10.0 Å². The number of rotatable bonds is 6. The van der Waals surface area contributed by atoms with Gasteiger partial charge < -0.3 is 10.1 Å². The largest absolute Gasteiger partial charge is 0.376 e. The highest BCUT2D eigenvalue weighted by Crippen LogP contribution is 2.13. The van der Waals surface area contributed by atoms with Gasteiger partial charge in [0, 0.05) is 24.8 Å². The number of nitrogens with one attached hydrogen (secondary N) is 2. The van der Waals surface area contributed by atoms with Gasteiger partial charge in [-0.1, -0.05) is 0 Å². The molecule has 22 heavy (non-hydrogen) atoms. The number of hydrogen-bond acceptors (Lipinski definition) is 4. The molecule has 0 aliphatic carbocycles. The second-order valence-corrected chi connectivity index (χ2v) is 7.36. The predicted molar refractivity (Wildman–Crippen MR) is 83.2 cm³/mol. The minimum absolute atomic E-state index is 0.0823. The summed E-state index contributed by atoms with van der Waals surface area (Å²) in [6.07, 6.45) is 2.06. The van der Waals surface area contributed by atoms with Crippen molar-refractivity contribution in [3.63, 3.8) is 0 Å². The van der Waals surface area contributed by atoms with E-state index in [0.717, 1.165) is 19.4 Å². The van der Waals surface area contributed by atoms with Crippen LogP contribution in [0.4, 0.5) is 0 Å². The maximum absolute atomic E-state index is 12.0. The number of ether oxygens (including phenoxy) is 1. The fraction of sp³-hybridized carbons (Fsp3) is 0.533. The number of carbonyl (C=O) groups excluding carboxylic acids is 1. The van der Waals surface area contributed by atoms with E-state index in [0.29, 0.717) is 12.1 Å². The summed E-state index contributed by atoms with van der Waals surface area (Å²) >= 11 is 0. The highest BCUT2D eigenvalue weighted by molar-refractivity contribution is 7.89. The molecular formula is C15H22N2O4S. The van der Waals surface area contributed by atoms with Gasteiger partial charge in [-0.3, -0.25) is 4.79 Å². The van der Waals surface area contributed by atoms with Crippen LogP contribution in [0.5, 0.6) is 0 Å². The molecule has 0 aromatic heterocycles. The summed E-state index contributed by atoms with van der Waals surface area (Å²) in [5.41, 5.74) is 0.432. The Morgan fingerprint density at radius 1 is 1.32 bits per heavy atom. The maximum atomic E-state index is 12.0. The Bertz CT molecular complexity index is 605. The molecule has 0 unspecified atom stereocenters. The van der Waals surface area contributed by atoms with E-state index in [4.69, 9.17) is 4.74 Å². The van der Waals surface area contributed by atoms with Crippen LogP contribution in [0.3, 0.4) is 0 Å². The molecule has 1 atom stereocenters. The molecule has 1 aliphatic rings. The highest BCUT2D eigenvalue weighted by atomic mass is 32.2. The Kier molecular flexibility index (Phi) is 5.55. The van der Waals surface area contributed by atoms with Crippen LogP contribution in [0.15, 0.2) is 29.2 Å². The molecule has 7 heteroatoms. The summed E-state index contributed by atoms with van der Waals surface area (Å²) in [6, 6.07) is 5.72.